The maximum Gasteiger partial charge on any atom is 0.411 e. The Morgan fingerprint density at radius 2 is 2.00 bits per heavy atom. The van der Waals surface area contributed by atoms with Crippen LogP contribution in [0.15, 0.2) is 12.2 Å². The largest absolute Gasteiger partial charge is 0.411 e. The molecule has 0 saturated heterocycles. The van der Waals surface area contributed by atoms with Gasteiger partial charge in [-0.1, -0.05) is 19.1 Å². The van der Waals surface area contributed by atoms with Gasteiger partial charge in [-0.15, -0.1) is 0 Å². The minimum Gasteiger partial charge on any atom is -0.364 e. The topological polar surface area (TPSA) is 26.3 Å². The third kappa shape index (κ3) is 7.79. The lowest BCUT2D eigenvalue weighted by molar-refractivity contribution is -0.175. The second kappa shape index (κ2) is 5.80. The standard InChI is InChI=1S/C9H13F3O2/c1-3-7(2)4-8(13)5-14-6-9(10,11)12/h2-6H2,1H3. The Bertz CT molecular complexity index is 209. The van der Waals surface area contributed by atoms with Gasteiger partial charge in [0.05, 0.1) is 0 Å². The maximum atomic E-state index is 11.6. The van der Waals surface area contributed by atoms with Crippen LogP contribution in [0.2, 0.25) is 0 Å². The van der Waals surface area contributed by atoms with Crippen LogP contribution in [-0.2, 0) is 9.53 Å². The summed E-state index contributed by atoms with van der Waals surface area (Å²) in [6, 6.07) is 0. The van der Waals surface area contributed by atoms with E-state index < -0.39 is 19.4 Å². The molecule has 82 valence electrons. The smallest absolute Gasteiger partial charge is 0.364 e. The van der Waals surface area contributed by atoms with Gasteiger partial charge in [-0.2, -0.15) is 13.2 Å². The summed E-state index contributed by atoms with van der Waals surface area (Å²) in [5, 5.41) is 0. The normalized spacial score (nSPS) is 11.4. The van der Waals surface area contributed by atoms with E-state index in [1.54, 1.807) is 0 Å². The van der Waals surface area contributed by atoms with E-state index in [1.807, 2.05) is 6.92 Å². The van der Waals surface area contributed by atoms with Crippen molar-refractivity contribution >= 4 is 5.78 Å². The van der Waals surface area contributed by atoms with Gasteiger partial charge in [0.25, 0.3) is 0 Å². The van der Waals surface area contributed by atoms with E-state index in [2.05, 4.69) is 11.3 Å². The molecule has 0 aromatic rings. The molecule has 0 aliphatic carbocycles. The fourth-order valence-electron chi connectivity index (χ4n) is 0.735. The van der Waals surface area contributed by atoms with E-state index in [0.717, 1.165) is 0 Å². The van der Waals surface area contributed by atoms with E-state index in [4.69, 9.17) is 0 Å². The highest BCUT2D eigenvalue weighted by atomic mass is 19.4. The van der Waals surface area contributed by atoms with Crippen LogP contribution in [-0.4, -0.2) is 25.2 Å². The van der Waals surface area contributed by atoms with Crippen LogP contribution in [0.3, 0.4) is 0 Å². The minimum absolute atomic E-state index is 0.0916. The molecule has 14 heavy (non-hydrogen) atoms. The summed E-state index contributed by atoms with van der Waals surface area (Å²) in [6.07, 6.45) is -3.64. The lowest BCUT2D eigenvalue weighted by Gasteiger charge is -2.07. The molecule has 0 radical (unpaired) electrons. The highest BCUT2D eigenvalue weighted by molar-refractivity contribution is 5.81. The minimum atomic E-state index is -4.37. The van der Waals surface area contributed by atoms with Crippen molar-refractivity contribution in [3.8, 4) is 0 Å². The van der Waals surface area contributed by atoms with Gasteiger partial charge in [0.15, 0.2) is 5.78 Å². The predicted octanol–water partition coefficient (Wildman–Crippen LogP) is 2.49. The molecule has 0 atom stereocenters. The second-order valence-corrected chi connectivity index (χ2v) is 2.93. The Labute approximate surface area is 80.7 Å². The summed E-state index contributed by atoms with van der Waals surface area (Å²) in [5.41, 5.74) is 0.700. The summed E-state index contributed by atoms with van der Waals surface area (Å²) < 4.78 is 38.9. The van der Waals surface area contributed by atoms with Crippen molar-refractivity contribution in [2.45, 2.75) is 25.9 Å². The first-order chi connectivity index (χ1) is 6.35. The van der Waals surface area contributed by atoms with Crippen molar-refractivity contribution in [1.82, 2.24) is 0 Å². The van der Waals surface area contributed by atoms with Gasteiger partial charge in [-0.25, -0.2) is 0 Å². The molecule has 0 unspecified atom stereocenters. The van der Waals surface area contributed by atoms with Gasteiger partial charge in [0.1, 0.15) is 13.2 Å². The van der Waals surface area contributed by atoms with Crippen molar-refractivity contribution in [3.05, 3.63) is 12.2 Å². The molecule has 0 fully saturated rings. The third-order valence-electron chi connectivity index (χ3n) is 1.48. The summed E-state index contributed by atoms with van der Waals surface area (Å²) in [5.74, 6) is -0.374. The van der Waals surface area contributed by atoms with Gasteiger partial charge in [0.2, 0.25) is 0 Å². The van der Waals surface area contributed by atoms with Gasteiger partial charge < -0.3 is 4.74 Å². The number of rotatable bonds is 6. The van der Waals surface area contributed by atoms with Crippen LogP contribution in [0.4, 0.5) is 13.2 Å². The molecule has 0 rings (SSSR count). The fraction of sp³-hybridized carbons (Fsp3) is 0.667. The number of carbonyl (C=O) groups is 1. The second-order valence-electron chi connectivity index (χ2n) is 2.93. The van der Waals surface area contributed by atoms with E-state index in [0.29, 0.717) is 12.0 Å². The van der Waals surface area contributed by atoms with Crippen LogP contribution in [0, 0.1) is 0 Å². The van der Waals surface area contributed by atoms with Crippen LogP contribution >= 0.6 is 0 Å². The van der Waals surface area contributed by atoms with Crippen molar-refractivity contribution in [1.29, 1.82) is 0 Å². The van der Waals surface area contributed by atoms with Gasteiger partial charge >= 0.3 is 6.18 Å². The van der Waals surface area contributed by atoms with Gasteiger partial charge in [-0.05, 0) is 6.42 Å². The summed E-state index contributed by atoms with van der Waals surface area (Å²) >= 11 is 0. The zero-order valence-electron chi connectivity index (χ0n) is 7.99. The van der Waals surface area contributed by atoms with E-state index >= 15 is 0 Å². The number of hydrogen-bond acceptors (Lipinski definition) is 2. The monoisotopic (exact) mass is 210 g/mol. The molecule has 0 bridgehead atoms. The Hall–Kier alpha value is -0.840. The Morgan fingerprint density at radius 1 is 1.43 bits per heavy atom. The van der Waals surface area contributed by atoms with Crippen molar-refractivity contribution in [2.75, 3.05) is 13.2 Å². The first kappa shape index (κ1) is 13.2. The average Bonchev–Trinajstić information content (AvgIpc) is 2.01. The molecule has 0 heterocycles. The molecule has 0 aromatic heterocycles. The van der Waals surface area contributed by atoms with Crippen LogP contribution in [0.1, 0.15) is 19.8 Å². The number of Topliss-reactive ketones (excluding diaryl/α,β-unsaturated/α-hetero) is 1. The van der Waals surface area contributed by atoms with E-state index in [9.17, 15) is 18.0 Å². The predicted molar refractivity (Wildman–Crippen MR) is 45.9 cm³/mol. The zero-order chi connectivity index (χ0) is 11.2. The lowest BCUT2D eigenvalue weighted by Crippen LogP contribution is -2.20. The molecule has 5 heteroatoms. The molecule has 0 aliphatic rings. The van der Waals surface area contributed by atoms with Crippen molar-refractivity contribution in [3.63, 3.8) is 0 Å². The average molecular weight is 210 g/mol. The van der Waals surface area contributed by atoms with Gasteiger partial charge in [-0.3, -0.25) is 4.79 Å². The first-order valence-corrected chi connectivity index (χ1v) is 4.18. The highest BCUT2D eigenvalue weighted by Crippen LogP contribution is 2.14. The van der Waals surface area contributed by atoms with Crippen molar-refractivity contribution < 1.29 is 22.7 Å². The lowest BCUT2D eigenvalue weighted by atomic mass is 10.1. The Balaban J connectivity index is 3.60. The molecule has 0 N–H and O–H groups in total. The Kier molecular flexibility index (Phi) is 5.45. The van der Waals surface area contributed by atoms with Crippen LogP contribution in [0.5, 0.6) is 0 Å². The number of hydrogen-bond donors (Lipinski definition) is 0. The summed E-state index contributed by atoms with van der Waals surface area (Å²) in [6.45, 7) is 3.52. The molecule has 0 saturated carbocycles. The molecule has 0 aliphatic heterocycles. The summed E-state index contributed by atoms with van der Waals surface area (Å²) in [4.78, 5) is 10.9. The molecule has 0 spiro atoms. The molecule has 0 aromatic carbocycles. The van der Waals surface area contributed by atoms with Gasteiger partial charge in [0, 0.05) is 6.42 Å². The third-order valence-corrected chi connectivity index (χ3v) is 1.48. The quantitative estimate of drug-likeness (QED) is 0.629. The SMILES string of the molecule is C=C(CC)CC(=O)COCC(F)(F)F. The number of alkyl halides is 3. The maximum absolute atomic E-state index is 11.6. The Morgan fingerprint density at radius 3 is 2.43 bits per heavy atom. The summed E-state index contributed by atoms with van der Waals surface area (Å²) in [7, 11) is 0. The number of allylic oxidation sites excluding steroid dienone is 1. The van der Waals surface area contributed by atoms with Crippen molar-refractivity contribution in [2.24, 2.45) is 0 Å². The molecular weight excluding hydrogens is 197 g/mol. The zero-order valence-corrected chi connectivity index (χ0v) is 7.99. The van der Waals surface area contributed by atoms with E-state index in [-0.39, 0.29) is 12.2 Å². The number of halogens is 3. The molecule has 0 amide bonds. The first-order valence-electron chi connectivity index (χ1n) is 4.18. The van der Waals surface area contributed by atoms with Crippen LogP contribution in [0.25, 0.3) is 0 Å². The van der Waals surface area contributed by atoms with E-state index in [1.165, 1.54) is 0 Å². The highest BCUT2D eigenvalue weighted by Gasteiger charge is 2.27. The van der Waals surface area contributed by atoms with Crippen LogP contribution < -0.4 is 0 Å². The number of ketones is 1. The molecule has 2 nitrogen and oxygen atoms in total. The molecular formula is C9H13F3O2. The number of ether oxygens (including phenoxy) is 1. The number of carbonyl (C=O) groups excluding carboxylic acids is 1. The fourth-order valence-corrected chi connectivity index (χ4v) is 0.735.